The van der Waals surface area contributed by atoms with Crippen LogP contribution in [0, 0.1) is 0 Å². The summed E-state index contributed by atoms with van der Waals surface area (Å²) in [5.41, 5.74) is 13.1. The van der Waals surface area contributed by atoms with Crippen LogP contribution in [-0.4, -0.2) is 45.4 Å². The quantitative estimate of drug-likeness (QED) is 0.126. The second-order valence-electron chi connectivity index (χ2n) is 9.03. The Labute approximate surface area is 243 Å². The van der Waals surface area contributed by atoms with Gasteiger partial charge in [-0.1, -0.05) is 66.7 Å². The first-order valence-electron chi connectivity index (χ1n) is 12.5. The van der Waals surface area contributed by atoms with Crippen molar-refractivity contribution in [1.29, 1.82) is 0 Å². The summed E-state index contributed by atoms with van der Waals surface area (Å²) in [7, 11) is 0. The van der Waals surface area contributed by atoms with Gasteiger partial charge in [-0.2, -0.15) is 0 Å². The van der Waals surface area contributed by atoms with Crippen LogP contribution in [0.25, 0.3) is 21.8 Å². The number of hydrazine groups is 2. The van der Waals surface area contributed by atoms with Gasteiger partial charge in [-0.05, 0) is 17.7 Å². The number of para-hydroxylation sites is 2. The molecule has 0 saturated carbocycles. The van der Waals surface area contributed by atoms with Crippen LogP contribution in [0.4, 0.5) is 0 Å². The molecule has 5 rings (SSSR count). The second-order valence-corrected chi connectivity index (χ2v) is 9.57. The Kier molecular flexibility index (Phi) is 8.23. The fourth-order valence-corrected chi connectivity index (χ4v) is 4.99. The smallest absolute Gasteiger partial charge is 0.286 e. The van der Waals surface area contributed by atoms with Gasteiger partial charge in [0.25, 0.3) is 23.6 Å². The molecule has 10 nitrogen and oxygen atoms in total. The first-order chi connectivity index (χ1) is 19.9. The standard InChI is InChI=1S/C29H24Cl2N6O4/c30-14-21(38)34-36-28(40)26-24(17-10-4-6-12-19(17)32-26)23(16-8-2-1-3-9-16)25-18-11-5-7-13-20(18)33-27(25)29(41)37-35-22(39)15-31/h1-13,23,32-33H,14-15H2,(H,34,38)(H,35,39)(H,36,40)(H,37,41). The van der Waals surface area contributed by atoms with Gasteiger partial charge in [0, 0.05) is 38.9 Å². The summed E-state index contributed by atoms with van der Waals surface area (Å²) in [4.78, 5) is 57.0. The average molecular weight is 591 g/mol. The third-order valence-electron chi connectivity index (χ3n) is 6.53. The Bertz CT molecular complexity index is 1660. The number of rotatable bonds is 7. The number of amides is 4. The molecular formula is C29H24Cl2N6O4. The highest BCUT2D eigenvalue weighted by Crippen LogP contribution is 2.43. The maximum Gasteiger partial charge on any atom is 0.286 e. The number of nitrogens with one attached hydrogen (secondary N) is 6. The number of carbonyl (C=O) groups is 4. The summed E-state index contributed by atoms with van der Waals surface area (Å²) in [6.07, 6.45) is 0. The van der Waals surface area contributed by atoms with Crippen LogP contribution in [0.1, 0.15) is 43.6 Å². The summed E-state index contributed by atoms with van der Waals surface area (Å²) in [5, 5.41) is 1.48. The topological polar surface area (TPSA) is 148 Å². The summed E-state index contributed by atoms with van der Waals surface area (Å²) in [5.74, 6) is -3.68. The van der Waals surface area contributed by atoms with Crippen molar-refractivity contribution in [3.63, 3.8) is 0 Å². The fraction of sp³-hybridized carbons (Fsp3) is 0.103. The summed E-state index contributed by atoms with van der Waals surface area (Å²) in [6, 6.07) is 24.2. The highest BCUT2D eigenvalue weighted by Gasteiger charge is 2.33. The molecule has 4 amide bonds. The largest absolute Gasteiger partial charge is 0.350 e. The number of fused-ring (bicyclic) bond motifs is 2. The van der Waals surface area contributed by atoms with E-state index in [1.165, 1.54) is 0 Å². The van der Waals surface area contributed by atoms with Crippen LogP contribution >= 0.6 is 23.2 Å². The lowest BCUT2D eigenvalue weighted by atomic mass is 9.81. The summed E-state index contributed by atoms with van der Waals surface area (Å²) < 4.78 is 0. The Morgan fingerprint density at radius 3 is 1.44 bits per heavy atom. The molecule has 5 aromatic rings. The van der Waals surface area contributed by atoms with Crippen molar-refractivity contribution in [2.75, 3.05) is 11.8 Å². The van der Waals surface area contributed by atoms with E-state index < -0.39 is 29.5 Å². The molecule has 0 unspecified atom stereocenters. The van der Waals surface area contributed by atoms with E-state index in [0.717, 1.165) is 16.3 Å². The lowest BCUT2D eigenvalue weighted by molar-refractivity contribution is -0.120. The number of hydrogen-bond donors (Lipinski definition) is 6. The van der Waals surface area contributed by atoms with Crippen molar-refractivity contribution >= 4 is 68.6 Å². The molecular weight excluding hydrogens is 567 g/mol. The molecule has 0 saturated heterocycles. The van der Waals surface area contributed by atoms with E-state index in [9.17, 15) is 19.2 Å². The minimum absolute atomic E-state index is 0.182. The van der Waals surface area contributed by atoms with Gasteiger partial charge < -0.3 is 9.97 Å². The van der Waals surface area contributed by atoms with Crippen LogP contribution in [-0.2, 0) is 9.59 Å². The number of halogens is 2. The van der Waals surface area contributed by atoms with Gasteiger partial charge >= 0.3 is 0 Å². The molecule has 0 spiro atoms. The molecule has 0 aliphatic carbocycles. The predicted molar refractivity (Wildman–Crippen MR) is 157 cm³/mol. The van der Waals surface area contributed by atoms with Crippen molar-refractivity contribution < 1.29 is 19.2 Å². The molecule has 0 atom stereocenters. The van der Waals surface area contributed by atoms with E-state index in [4.69, 9.17) is 23.2 Å². The van der Waals surface area contributed by atoms with Crippen molar-refractivity contribution in [3.05, 3.63) is 107 Å². The molecule has 0 aliphatic rings. The monoisotopic (exact) mass is 590 g/mol. The van der Waals surface area contributed by atoms with E-state index in [0.29, 0.717) is 22.2 Å². The van der Waals surface area contributed by atoms with Crippen LogP contribution in [0.15, 0.2) is 78.9 Å². The normalized spacial score (nSPS) is 11.0. The summed E-state index contributed by atoms with van der Waals surface area (Å²) in [6.45, 7) is 0. The minimum Gasteiger partial charge on any atom is -0.350 e. The fourth-order valence-electron chi connectivity index (χ4n) is 4.85. The maximum absolute atomic E-state index is 13.5. The van der Waals surface area contributed by atoms with Crippen LogP contribution < -0.4 is 21.7 Å². The molecule has 0 aliphatic heterocycles. The van der Waals surface area contributed by atoms with Crippen LogP contribution in [0.3, 0.4) is 0 Å². The molecule has 2 aromatic heterocycles. The molecule has 12 heteroatoms. The highest BCUT2D eigenvalue weighted by atomic mass is 35.5. The first-order valence-corrected chi connectivity index (χ1v) is 13.6. The van der Waals surface area contributed by atoms with E-state index in [1.54, 1.807) is 0 Å². The van der Waals surface area contributed by atoms with Gasteiger partial charge in [0.2, 0.25) is 0 Å². The molecule has 0 bridgehead atoms. The first kappa shape index (κ1) is 27.8. The molecule has 0 radical (unpaired) electrons. The van der Waals surface area contributed by atoms with Gasteiger partial charge in [0.1, 0.15) is 23.1 Å². The summed E-state index contributed by atoms with van der Waals surface area (Å²) >= 11 is 11.2. The van der Waals surface area contributed by atoms with Gasteiger partial charge in [0.05, 0.1) is 0 Å². The predicted octanol–water partition coefficient (Wildman–Crippen LogP) is 3.83. The third kappa shape index (κ3) is 5.60. The molecule has 2 heterocycles. The molecule has 3 aromatic carbocycles. The zero-order valence-electron chi connectivity index (χ0n) is 21.4. The van der Waals surface area contributed by atoms with E-state index >= 15 is 0 Å². The number of alkyl halides is 2. The van der Waals surface area contributed by atoms with Crippen molar-refractivity contribution in [3.8, 4) is 0 Å². The lowest BCUT2D eigenvalue weighted by Gasteiger charge is -2.21. The number of hydrogen-bond acceptors (Lipinski definition) is 4. The van der Waals surface area contributed by atoms with Gasteiger partial charge in [0.15, 0.2) is 0 Å². The van der Waals surface area contributed by atoms with E-state index in [-0.39, 0.29) is 23.1 Å². The number of aromatic nitrogens is 2. The van der Waals surface area contributed by atoms with E-state index in [2.05, 4.69) is 31.7 Å². The molecule has 6 N–H and O–H groups in total. The van der Waals surface area contributed by atoms with Gasteiger partial charge in [-0.3, -0.25) is 40.9 Å². The minimum atomic E-state index is -0.655. The van der Waals surface area contributed by atoms with Crippen molar-refractivity contribution in [2.45, 2.75) is 5.92 Å². The van der Waals surface area contributed by atoms with Crippen LogP contribution in [0.2, 0.25) is 0 Å². The Morgan fingerprint density at radius 1 is 0.585 bits per heavy atom. The highest BCUT2D eigenvalue weighted by molar-refractivity contribution is 6.27. The molecule has 0 fully saturated rings. The Hall–Kier alpha value is -4.80. The third-order valence-corrected chi connectivity index (χ3v) is 7.02. The van der Waals surface area contributed by atoms with Gasteiger partial charge in [-0.15, -0.1) is 23.2 Å². The van der Waals surface area contributed by atoms with E-state index in [1.807, 2.05) is 78.9 Å². The van der Waals surface area contributed by atoms with Gasteiger partial charge in [-0.25, -0.2) is 0 Å². The number of H-pyrrole nitrogens is 2. The Morgan fingerprint density at radius 2 is 1.00 bits per heavy atom. The van der Waals surface area contributed by atoms with Crippen LogP contribution in [0.5, 0.6) is 0 Å². The SMILES string of the molecule is O=C(CCl)NNC(=O)c1[nH]c2ccccc2c1C(c1ccccc1)c1c(C(=O)NNC(=O)CCl)[nH]c2ccccc12. The molecule has 208 valence electrons. The lowest BCUT2D eigenvalue weighted by Crippen LogP contribution is -2.43. The maximum atomic E-state index is 13.5. The Balaban J connectivity index is 1.77. The molecule has 41 heavy (non-hydrogen) atoms. The zero-order valence-corrected chi connectivity index (χ0v) is 22.9. The zero-order chi connectivity index (χ0) is 28.9. The number of benzene rings is 3. The van der Waals surface area contributed by atoms with Crippen molar-refractivity contribution in [1.82, 2.24) is 31.7 Å². The second kappa shape index (κ2) is 12.2. The number of carbonyl (C=O) groups excluding carboxylic acids is 4. The number of aromatic amines is 2. The van der Waals surface area contributed by atoms with Crippen molar-refractivity contribution in [2.24, 2.45) is 0 Å². The average Bonchev–Trinajstić information content (AvgIpc) is 3.59.